The molecule has 0 aliphatic carbocycles. The lowest BCUT2D eigenvalue weighted by Gasteiger charge is -2.09. The molecule has 0 bridgehead atoms. The SMILES string of the molecule is CCNCCCOc1ccc(S(=O)(=O)NCc2ccccc2)cc1. The van der Waals surface area contributed by atoms with Crippen molar-refractivity contribution in [3.05, 3.63) is 60.2 Å². The van der Waals surface area contributed by atoms with E-state index in [2.05, 4.69) is 17.0 Å². The Morgan fingerprint density at radius 1 is 1.00 bits per heavy atom. The summed E-state index contributed by atoms with van der Waals surface area (Å²) in [5.41, 5.74) is 0.918. The number of rotatable bonds is 10. The van der Waals surface area contributed by atoms with Crippen molar-refractivity contribution >= 4 is 10.0 Å². The third-order valence-electron chi connectivity index (χ3n) is 3.46. The van der Waals surface area contributed by atoms with Crippen LogP contribution in [0, 0.1) is 0 Å². The topological polar surface area (TPSA) is 67.4 Å². The summed E-state index contributed by atoms with van der Waals surface area (Å²) in [4.78, 5) is 0.235. The van der Waals surface area contributed by atoms with Crippen LogP contribution in [0.2, 0.25) is 0 Å². The van der Waals surface area contributed by atoms with Gasteiger partial charge in [-0.3, -0.25) is 0 Å². The zero-order valence-corrected chi connectivity index (χ0v) is 14.7. The van der Waals surface area contributed by atoms with Crippen LogP contribution in [-0.2, 0) is 16.6 Å². The molecular formula is C18H24N2O3S. The number of hydrogen-bond acceptors (Lipinski definition) is 4. The lowest BCUT2D eigenvalue weighted by molar-refractivity contribution is 0.308. The summed E-state index contributed by atoms with van der Waals surface area (Å²) >= 11 is 0. The molecule has 0 aliphatic rings. The second-order valence-corrected chi connectivity index (χ2v) is 7.10. The van der Waals surface area contributed by atoms with E-state index in [1.807, 2.05) is 30.3 Å². The van der Waals surface area contributed by atoms with Gasteiger partial charge in [-0.25, -0.2) is 13.1 Å². The van der Waals surface area contributed by atoms with E-state index in [9.17, 15) is 8.42 Å². The summed E-state index contributed by atoms with van der Waals surface area (Å²) in [6.07, 6.45) is 0.909. The molecule has 6 heteroatoms. The first-order valence-corrected chi connectivity index (χ1v) is 9.57. The second-order valence-electron chi connectivity index (χ2n) is 5.34. The molecule has 0 heterocycles. The molecule has 0 spiro atoms. The zero-order chi connectivity index (χ0) is 17.3. The van der Waals surface area contributed by atoms with Crippen LogP contribution in [0.1, 0.15) is 18.9 Å². The summed E-state index contributed by atoms with van der Waals surface area (Å²) in [6, 6.07) is 15.9. The maximum absolute atomic E-state index is 12.3. The van der Waals surface area contributed by atoms with Gasteiger partial charge in [-0.15, -0.1) is 0 Å². The average Bonchev–Trinajstić information content (AvgIpc) is 2.61. The Balaban J connectivity index is 1.86. The smallest absolute Gasteiger partial charge is 0.240 e. The minimum atomic E-state index is -3.52. The van der Waals surface area contributed by atoms with Crippen molar-refractivity contribution in [2.75, 3.05) is 19.7 Å². The van der Waals surface area contributed by atoms with Gasteiger partial charge in [-0.2, -0.15) is 0 Å². The molecule has 0 aromatic heterocycles. The molecule has 0 fully saturated rings. The quantitative estimate of drug-likeness (QED) is 0.648. The lowest BCUT2D eigenvalue weighted by Crippen LogP contribution is -2.23. The van der Waals surface area contributed by atoms with Gasteiger partial charge in [-0.05, 0) is 49.3 Å². The van der Waals surface area contributed by atoms with Crippen LogP contribution in [0.4, 0.5) is 0 Å². The highest BCUT2D eigenvalue weighted by Gasteiger charge is 2.13. The molecule has 5 nitrogen and oxygen atoms in total. The van der Waals surface area contributed by atoms with Gasteiger partial charge in [-0.1, -0.05) is 37.3 Å². The van der Waals surface area contributed by atoms with Crippen LogP contribution in [0.15, 0.2) is 59.5 Å². The molecule has 0 atom stereocenters. The summed E-state index contributed by atoms with van der Waals surface area (Å²) < 4.78 is 32.8. The lowest BCUT2D eigenvalue weighted by atomic mass is 10.2. The minimum absolute atomic E-state index is 0.235. The van der Waals surface area contributed by atoms with Crippen molar-refractivity contribution in [1.29, 1.82) is 0 Å². The number of nitrogens with one attached hydrogen (secondary N) is 2. The molecule has 2 rings (SSSR count). The predicted octanol–water partition coefficient (Wildman–Crippen LogP) is 2.54. The predicted molar refractivity (Wildman–Crippen MR) is 95.6 cm³/mol. The highest BCUT2D eigenvalue weighted by Crippen LogP contribution is 2.16. The van der Waals surface area contributed by atoms with Crippen LogP contribution >= 0.6 is 0 Å². The zero-order valence-electron chi connectivity index (χ0n) is 13.9. The van der Waals surface area contributed by atoms with Gasteiger partial charge in [0.25, 0.3) is 0 Å². The van der Waals surface area contributed by atoms with E-state index in [-0.39, 0.29) is 11.4 Å². The van der Waals surface area contributed by atoms with Gasteiger partial charge in [0.15, 0.2) is 0 Å². The molecule has 130 valence electrons. The fourth-order valence-corrected chi connectivity index (χ4v) is 3.15. The second kappa shape index (κ2) is 9.42. The minimum Gasteiger partial charge on any atom is -0.494 e. The van der Waals surface area contributed by atoms with Crippen molar-refractivity contribution in [2.45, 2.75) is 24.8 Å². The van der Waals surface area contributed by atoms with Gasteiger partial charge in [0, 0.05) is 6.54 Å². The van der Waals surface area contributed by atoms with E-state index in [1.165, 1.54) is 0 Å². The Morgan fingerprint density at radius 3 is 2.38 bits per heavy atom. The Labute approximate surface area is 144 Å². The summed E-state index contributed by atoms with van der Waals surface area (Å²) in [7, 11) is -3.52. The molecule has 2 aromatic rings. The van der Waals surface area contributed by atoms with Crippen molar-refractivity contribution in [2.24, 2.45) is 0 Å². The van der Waals surface area contributed by atoms with E-state index >= 15 is 0 Å². The third-order valence-corrected chi connectivity index (χ3v) is 4.88. The Hall–Kier alpha value is -1.89. The molecule has 0 aliphatic heterocycles. The van der Waals surface area contributed by atoms with Gasteiger partial charge in [0.1, 0.15) is 5.75 Å². The van der Waals surface area contributed by atoms with Crippen molar-refractivity contribution in [3.63, 3.8) is 0 Å². The van der Waals surface area contributed by atoms with Crippen LogP contribution in [-0.4, -0.2) is 28.1 Å². The number of benzene rings is 2. The van der Waals surface area contributed by atoms with Crippen molar-refractivity contribution < 1.29 is 13.2 Å². The molecule has 0 saturated carbocycles. The third kappa shape index (κ3) is 5.96. The van der Waals surface area contributed by atoms with Crippen molar-refractivity contribution in [3.8, 4) is 5.75 Å². The Kier molecular flexibility index (Phi) is 7.24. The molecule has 2 N–H and O–H groups in total. The van der Waals surface area contributed by atoms with Gasteiger partial charge >= 0.3 is 0 Å². The molecule has 24 heavy (non-hydrogen) atoms. The average molecular weight is 348 g/mol. The highest BCUT2D eigenvalue weighted by molar-refractivity contribution is 7.89. The molecular weight excluding hydrogens is 324 g/mol. The fourth-order valence-electron chi connectivity index (χ4n) is 2.14. The van der Waals surface area contributed by atoms with Crippen LogP contribution < -0.4 is 14.8 Å². The van der Waals surface area contributed by atoms with E-state index in [4.69, 9.17) is 4.74 Å². The number of sulfonamides is 1. The van der Waals surface area contributed by atoms with Gasteiger partial charge < -0.3 is 10.1 Å². The van der Waals surface area contributed by atoms with E-state index < -0.39 is 10.0 Å². The maximum atomic E-state index is 12.3. The summed E-state index contributed by atoms with van der Waals surface area (Å²) in [5, 5.41) is 3.22. The van der Waals surface area contributed by atoms with E-state index in [0.717, 1.165) is 25.1 Å². The van der Waals surface area contributed by atoms with Crippen LogP contribution in [0.3, 0.4) is 0 Å². The van der Waals surface area contributed by atoms with Gasteiger partial charge in [0.05, 0.1) is 11.5 Å². The monoisotopic (exact) mass is 348 g/mol. The maximum Gasteiger partial charge on any atom is 0.240 e. The number of hydrogen-bond donors (Lipinski definition) is 2. The van der Waals surface area contributed by atoms with E-state index in [0.29, 0.717) is 12.4 Å². The number of ether oxygens (including phenoxy) is 1. The first-order valence-electron chi connectivity index (χ1n) is 8.09. The first-order chi connectivity index (χ1) is 11.6. The van der Waals surface area contributed by atoms with Crippen molar-refractivity contribution in [1.82, 2.24) is 10.0 Å². The molecule has 2 aromatic carbocycles. The molecule has 0 unspecified atom stereocenters. The normalized spacial score (nSPS) is 11.4. The highest BCUT2D eigenvalue weighted by atomic mass is 32.2. The van der Waals surface area contributed by atoms with Crippen LogP contribution in [0.5, 0.6) is 5.75 Å². The first kappa shape index (κ1) is 18.4. The summed E-state index contributed by atoms with van der Waals surface area (Å²) in [6.45, 7) is 4.79. The fraction of sp³-hybridized carbons (Fsp3) is 0.333. The molecule has 0 amide bonds. The van der Waals surface area contributed by atoms with Crippen LogP contribution in [0.25, 0.3) is 0 Å². The Morgan fingerprint density at radius 2 is 1.71 bits per heavy atom. The largest absolute Gasteiger partial charge is 0.494 e. The Bertz CT molecular complexity index is 701. The molecule has 0 saturated heterocycles. The summed E-state index contributed by atoms with van der Waals surface area (Å²) in [5.74, 6) is 0.675. The van der Waals surface area contributed by atoms with Gasteiger partial charge in [0.2, 0.25) is 10.0 Å². The van der Waals surface area contributed by atoms with E-state index in [1.54, 1.807) is 24.3 Å². The molecule has 0 radical (unpaired) electrons. The standard InChI is InChI=1S/C18H24N2O3S/c1-2-19-13-6-14-23-17-9-11-18(12-10-17)24(21,22)20-15-16-7-4-3-5-8-16/h3-5,7-12,19-20H,2,6,13-15H2,1H3.